The van der Waals surface area contributed by atoms with Crippen LogP contribution in [-0.2, 0) is 4.79 Å². The van der Waals surface area contributed by atoms with Gasteiger partial charge < -0.3 is 9.73 Å². The van der Waals surface area contributed by atoms with Gasteiger partial charge >= 0.3 is 0 Å². The van der Waals surface area contributed by atoms with Crippen molar-refractivity contribution in [1.29, 1.82) is 5.26 Å². The number of nitrogens with one attached hydrogen (secondary N) is 1. The molecule has 108 valence electrons. The van der Waals surface area contributed by atoms with Gasteiger partial charge in [-0.2, -0.15) is 5.26 Å². The largest absolute Gasteiger partial charge is 0.437 e. The van der Waals surface area contributed by atoms with Crippen LogP contribution in [0.1, 0.15) is 17.0 Å². The third kappa shape index (κ3) is 4.00. The molecule has 0 bridgehead atoms. The number of carbonyl (C=O) groups excluding carboxylic acids is 1. The lowest BCUT2D eigenvalue weighted by molar-refractivity contribution is -0.113. The van der Waals surface area contributed by atoms with Crippen molar-refractivity contribution in [2.45, 2.75) is 19.1 Å². The monoisotopic (exact) mass is 321 g/mol. The number of hydrogen-bond acceptors (Lipinski definition) is 5. The first kappa shape index (κ1) is 15.4. The Balaban J connectivity index is 1.99. The van der Waals surface area contributed by atoms with E-state index in [1.165, 1.54) is 11.8 Å². The maximum atomic E-state index is 11.9. The number of halogens is 1. The molecule has 1 aromatic carbocycles. The lowest BCUT2D eigenvalue weighted by atomic mass is 10.2. The number of thioether (sulfide) groups is 1. The molecule has 1 aromatic heterocycles. The molecule has 0 unspecified atom stereocenters. The molecule has 0 aliphatic rings. The van der Waals surface area contributed by atoms with Crippen molar-refractivity contribution in [3.63, 3.8) is 0 Å². The first-order valence-corrected chi connectivity index (χ1v) is 7.42. The molecule has 21 heavy (non-hydrogen) atoms. The third-order valence-corrected chi connectivity index (χ3v) is 3.77. The predicted molar refractivity (Wildman–Crippen MR) is 81.5 cm³/mol. The Morgan fingerprint density at radius 2 is 2.29 bits per heavy atom. The van der Waals surface area contributed by atoms with Crippen molar-refractivity contribution in [3.05, 3.63) is 40.2 Å². The van der Waals surface area contributed by atoms with Gasteiger partial charge in [-0.3, -0.25) is 4.79 Å². The second-order valence-corrected chi connectivity index (χ2v) is 5.62. The van der Waals surface area contributed by atoms with E-state index in [0.29, 0.717) is 21.5 Å². The van der Waals surface area contributed by atoms with Crippen LogP contribution in [0.15, 0.2) is 27.8 Å². The van der Waals surface area contributed by atoms with Crippen molar-refractivity contribution < 1.29 is 9.21 Å². The first-order valence-electron chi connectivity index (χ1n) is 6.06. The van der Waals surface area contributed by atoms with Crippen LogP contribution in [0.4, 0.5) is 5.69 Å². The zero-order valence-electron chi connectivity index (χ0n) is 11.4. The number of benzene rings is 1. The summed E-state index contributed by atoms with van der Waals surface area (Å²) in [5.41, 5.74) is 1.57. The Morgan fingerprint density at radius 3 is 2.90 bits per heavy atom. The molecule has 1 amide bonds. The summed E-state index contributed by atoms with van der Waals surface area (Å²) >= 11 is 7.05. The van der Waals surface area contributed by atoms with Gasteiger partial charge in [0.15, 0.2) is 0 Å². The number of hydrogen-bond donors (Lipinski definition) is 1. The fraction of sp³-hybridized carbons (Fsp3) is 0.214. The number of aromatic nitrogens is 1. The molecule has 5 nitrogen and oxygen atoms in total. The summed E-state index contributed by atoms with van der Waals surface area (Å²) in [6.45, 7) is 3.66. The summed E-state index contributed by atoms with van der Waals surface area (Å²) in [6, 6.07) is 6.71. The number of anilines is 1. The quantitative estimate of drug-likeness (QED) is 0.871. The van der Waals surface area contributed by atoms with Crippen molar-refractivity contribution in [3.8, 4) is 6.07 Å². The number of carbonyl (C=O) groups is 1. The predicted octanol–water partition coefficient (Wildman–Crippen LogP) is 3.55. The molecule has 2 aromatic rings. The highest BCUT2D eigenvalue weighted by Crippen LogP contribution is 2.22. The van der Waals surface area contributed by atoms with Crippen molar-refractivity contribution in [2.75, 3.05) is 11.1 Å². The van der Waals surface area contributed by atoms with Gasteiger partial charge in [0, 0.05) is 5.02 Å². The molecule has 1 heterocycles. The molecular weight excluding hydrogens is 310 g/mol. The average molecular weight is 322 g/mol. The van der Waals surface area contributed by atoms with Gasteiger partial charge in [-0.15, -0.1) is 0 Å². The smallest absolute Gasteiger partial charge is 0.256 e. The Bertz CT molecular complexity index is 702. The molecule has 0 atom stereocenters. The summed E-state index contributed by atoms with van der Waals surface area (Å²) in [7, 11) is 0. The second-order valence-electron chi connectivity index (χ2n) is 4.26. The zero-order chi connectivity index (χ0) is 15.4. The maximum absolute atomic E-state index is 11.9. The van der Waals surface area contributed by atoms with Crippen LogP contribution >= 0.6 is 23.4 Å². The van der Waals surface area contributed by atoms with E-state index in [-0.39, 0.29) is 11.7 Å². The lowest BCUT2D eigenvalue weighted by Crippen LogP contribution is -2.15. The summed E-state index contributed by atoms with van der Waals surface area (Å²) in [6.07, 6.45) is 0. The number of aryl methyl sites for hydroxylation is 2. The highest BCUT2D eigenvalue weighted by atomic mass is 35.5. The highest BCUT2D eigenvalue weighted by molar-refractivity contribution is 7.99. The zero-order valence-corrected chi connectivity index (χ0v) is 13.0. The fourth-order valence-corrected chi connectivity index (χ4v) is 2.42. The Labute approximate surface area is 131 Å². The molecule has 0 spiro atoms. The molecule has 0 saturated heterocycles. The molecule has 1 N–H and O–H groups in total. The first-order chi connectivity index (χ1) is 9.99. The Hall–Kier alpha value is -1.97. The molecule has 0 radical (unpaired) electrons. The third-order valence-electron chi connectivity index (χ3n) is 2.71. The van der Waals surface area contributed by atoms with Gasteiger partial charge in [-0.25, -0.2) is 4.98 Å². The maximum Gasteiger partial charge on any atom is 0.256 e. The van der Waals surface area contributed by atoms with Crippen molar-refractivity contribution in [2.24, 2.45) is 0 Å². The molecule has 0 aliphatic heterocycles. The van der Waals surface area contributed by atoms with Gasteiger partial charge in [0.2, 0.25) is 5.91 Å². The molecule has 0 fully saturated rings. The summed E-state index contributed by atoms with van der Waals surface area (Å²) in [5, 5.41) is 12.6. The molecule has 2 rings (SSSR count). The summed E-state index contributed by atoms with van der Waals surface area (Å²) in [4.78, 5) is 16.1. The number of amides is 1. The lowest BCUT2D eigenvalue weighted by Gasteiger charge is -2.06. The normalized spacial score (nSPS) is 10.2. The number of nitrogens with zero attached hydrogens (tertiary/aromatic N) is 2. The van der Waals surface area contributed by atoms with Crippen LogP contribution < -0.4 is 5.32 Å². The van der Waals surface area contributed by atoms with E-state index in [9.17, 15) is 4.79 Å². The van der Waals surface area contributed by atoms with Gasteiger partial charge in [0.05, 0.1) is 22.7 Å². The highest BCUT2D eigenvalue weighted by Gasteiger charge is 2.11. The minimum absolute atomic E-state index is 0.136. The minimum atomic E-state index is -0.257. The number of rotatable bonds is 4. The van der Waals surface area contributed by atoms with E-state index >= 15 is 0 Å². The standard InChI is InChI=1S/C14H12ClN3O2S/c1-8-9(2)20-14(17-8)21-7-13(19)18-12-5-11(15)4-3-10(12)6-16/h3-5H,7H2,1-2H3,(H,18,19). The van der Waals surface area contributed by atoms with Gasteiger partial charge in [-0.05, 0) is 32.0 Å². The number of nitriles is 1. The average Bonchev–Trinajstić information content (AvgIpc) is 2.76. The van der Waals surface area contributed by atoms with E-state index in [2.05, 4.69) is 10.3 Å². The molecule has 0 saturated carbocycles. The number of oxazole rings is 1. The Kier molecular flexibility index (Phi) is 4.89. The van der Waals surface area contributed by atoms with E-state index in [1.807, 2.05) is 19.9 Å². The fourth-order valence-electron chi connectivity index (χ4n) is 1.54. The van der Waals surface area contributed by atoms with Crippen LogP contribution in [0.2, 0.25) is 5.02 Å². The Morgan fingerprint density at radius 1 is 1.52 bits per heavy atom. The van der Waals surface area contributed by atoms with Crippen LogP contribution in [0.25, 0.3) is 0 Å². The van der Waals surface area contributed by atoms with Gasteiger partial charge in [0.1, 0.15) is 11.8 Å². The van der Waals surface area contributed by atoms with E-state index < -0.39 is 0 Å². The topological polar surface area (TPSA) is 78.9 Å². The molecule has 0 aliphatic carbocycles. The van der Waals surface area contributed by atoms with Crippen LogP contribution in [0.3, 0.4) is 0 Å². The van der Waals surface area contributed by atoms with Gasteiger partial charge in [0.25, 0.3) is 5.22 Å². The van der Waals surface area contributed by atoms with Gasteiger partial charge in [-0.1, -0.05) is 23.4 Å². The van der Waals surface area contributed by atoms with Crippen LogP contribution in [0.5, 0.6) is 0 Å². The van der Waals surface area contributed by atoms with Crippen LogP contribution in [0, 0.1) is 25.2 Å². The van der Waals surface area contributed by atoms with Crippen molar-refractivity contribution in [1.82, 2.24) is 4.98 Å². The second kappa shape index (κ2) is 6.66. The van der Waals surface area contributed by atoms with E-state index in [1.54, 1.807) is 18.2 Å². The van der Waals surface area contributed by atoms with Crippen molar-refractivity contribution >= 4 is 35.0 Å². The van der Waals surface area contributed by atoms with E-state index in [0.717, 1.165) is 11.5 Å². The SMILES string of the molecule is Cc1nc(SCC(=O)Nc2cc(Cl)ccc2C#N)oc1C. The van der Waals surface area contributed by atoms with E-state index in [4.69, 9.17) is 21.3 Å². The van der Waals surface area contributed by atoms with Crippen LogP contribution in [-0.4, -0.2) is 16.6 Å². The molecule has 7 heteroatoms. The summed E-state index contributed by atoms with van der Waals surface area (Å²) in [5.74, 6) is 0.614. The summed E-state index contributed by atoms with van der Waals surface area (Å²) < 4.78 is 5.38. The molecular formula is C14H12ClN3O2S. The minimum Gasteiger partial charge on any atom is -0.437 e.